The molecule has 118 valence electrons. The molecule has 0 radical (unpaired) electrons. The molecule has 1 aliphatic heterocycles. The number of para-hydroxylation sites is 1. The first-order valence-electron chi connectivity index (χ1n) is 6.98. The number of aliphatic carboxylic acids is 1. The van der Waals surface area contributed by atoms with Gasteiger partial charge >= 0.3 is 5.97 Å². The van der Waals surface area contributed by atoms with Gasteiger partial charge in [0.05, 0.1) is 17.0 Å². The normalized spacial score (nSPS) is 14.8. The Kier molecular flexibility index (Phi) is 4.14. The van der Waals surface area contributed by atoms with Gasteiger partial charge in [-0.3, -0.25) is 14.4 Å². The molecule has 0 bridgehead atoms. The smallest absolute Gasteiger partial charge is 0.305 e. The molecule has 0 spiro atoms. The predicted octanol–water partition coefficient (Wildman–Crippen LogP) is 4.11. The Hall–Kier alpha value is -2.25. The van der Waals surface area contributed by atoms with Gasteiger partial charge in [-0.15, -0.1) is 11.3 Å². The molecule has 2 N–H and O–H groups in total. The molecule has 0 unspecified atom stereocenters. The summed E-state index contributed by atoms with van der Waals surface area (Å²) in [7, 11) is 0. The van der Waals surface area contributed by atoms with E-state index < -0.39 is 5.97 Å². The van der Waals surface area contributed by atoms with Crippen LogP contribution in [0.25, 0.3) is 11.6 Å². The highest BCUT2D eigenvalue weighted by atomic mass is 32.1. The minimum absolute atomic E-state index is 0.00549. The van der Waals surface area contributed by atoms with Crippen molar-refractivity contribution < 1.29 is 15.0 Å². The number of thiazole rings is 1. The Morgan fingerprint density at radius 2 is 2.17 bits per heavy atom. The third kappa shape index (κ3) is 2.97. The standard InChI is InChI=1S/C16H14N2O3S2/c1-9-11(10-4-2-3-5-12(10)17-9)8-13-15(21)18(16(22)23-13)7-6-14(19)20/h2-5,8,21H,6-7H2,1H3,(H,19,20)/b11-8-. The molecule has 0 amide bonds. The highest BCUT2D eigenvalue weighted by Crippen LogP contribution is 2.38. The lowest BCUT2D eigenvalue weighted by Crippen LogP contribution is -2.03. The predicted molar refractivity (Wildman–Crippen MR) is 94.1 cm³/mol. The van der Waals surface area contributed by atoms with Crippen molar-refractivity contribution in [2.24, 2.45) is 4.99 Å². The third-order valence-corrected chi connectivity index (χ3v) is 4.98. The summed E-state index contributed by atoms with van der Waals surface area (Å²) in [4.78, 5) is 15.8. The number of aliphatic imine (C=N–C) groups is 1. The van der Waals surface area contributed by atoms with Gasteiger partial charge in [0.25, 0.3) is 0 Å². The van der Waals surface area contributed by atoms with Crippen LogP contribution in [-0.2, 0) is 11.3 Å². The molecule has 0 aliphatic carbocycles. The fourth-order valence-corrected chi connectivity index (χ4v) is 3.76. The van der Waals surface area contributed by atoms with Gasteiger partial charge in [0.15, 0.2) is 3.95 Å². The van der Waals surface area contributed by atoms with E-state index in [9.17, 15) is 9.90 Å². The summed E-state index contributed by atoms with van der Waals surface area (Å²) in [5, 5.41) is 19.1. The number of aromatic hydroxyl groups is 1. The molecule has 1 aliphatic rings. The van der Waals surface area contributed by atoms with Crippen molar-refractivity contribution in [3.05, 3.63) is 38.7 Å². The summed E-state index contributed by atoms with van der Waals surface area (Å²) in [6.07, 6.45) is 1.77. The largest absolute Gasteiger partial charge is 0.493 e. The SMILES string of the molecule is CC1=Nc2ccccc2/C1=C\c1sc(=S)n(CCC(=O)O)c1O. The van der Waals surface area contributed by atoms with E-state index in [-0.39, 0.29) is 18.8 Å². The first-order chi connectivity index (χ1) is 11.0. The first-order valence-corrected chi connectivity index (χ1v) is 8.21. The van der Waals surface area contributed by atoms with Crippen LogP contribution in [0.2, 0.25) is 0 Å². The zero-order valence-corrected chi connectivity index (χ0v) is 13.9. The summed E-state index contributed by atoms with van der Waals surface area (Å²) in [5.41, 5.74) is 3.74. The molecular weight excluding hydrogens is 332 g/mol. The number of carboxylic acid groups (broad SMARTS) is 1. The second-order valence-electron chi connectivity index (χ2n) is 5.12. The van der Waals surface area contributed by atoms with Crippen molar-refractivity contribution in [3.63, 3.8) is 0 Å². The fraction of sp³-hybridized carbons (Fsp3) is 0.188. The van der Waals surface area contributed by atoms with Crippen LogP contribution in [0.15, 0.2) is 29.3 Å². The van der Waals surface area contributed by atoms with Crippen molar-refractivity contribution in [1.82, 2.24) is 4.57 Å². The van der Waals surface area contributed by atoms with E-state index in [1.807, 2.05) is 37.3 Å². The molecular formula is C16H14N2O3S2. The average molecular weight is 346 g/mol. The molecule has 2 heterocycles. The van der Waals surface area contributed by atoms with Gasteiger partial charge in [0, 0.05) is 23.4 Å². The molecule has 0 fully saturated rings. The number of rotatable bonds is 4. The van der Waals surface area contributed by atoms with Gasteiger partial charge < -0.3 is 10.2 Å². The minimum atomic E-state index is -0.926. The van der Waals surface area contributed by atoms with Gasteiger partial charge in [-0.2, -0.15) is 0 Å². The number of allylic oxidation sites excluding steroid dienone is 1. The maximum absolute atomic E-state index is 10.7. The third-order valence-electron chi connectivity index (χ3n) is 3.59. The second-order valence-corrected chi connectivity index (χ2v) is 6.80. The lowest BCUT2D eigenvalue weighted by atomic mass is 10.0. The summed E-state index contributed by atoms with van der Waals surface area (Å²) in [6.45, 7) is 2.08. The monoisotopic (exact) mass is 346 g/mol. The number of hydrogen-bond acceptors (Lipinski definition) is 5. The van der Waals surface area contributed by atoms with Crippen LogP contribution in [0.1, 0.15) is 23.8 Å². The summed E-state index contributed by atoms with van der Waals surface area (Å²) in [5.74, 6) is -0.920. The molecule has 7 heteroatoms. The quantitative estimate of drug-likeness (QED) is 0.817. The van der Waals surface area contributed by atoms with Crippen LogP contribution < -0.4 is 0 Å². The van der Waals surface area contributed by atoms with Crippen LogP contribution in [0.3, 0.4) is 0 Å². The lowest BCUT2D eigenvalue weighted by molar-refractivity contribution is -0.137. The molecule has 0 atom stereocenters. The van der Waals surface area contributed by atoms with Gasteiger partial charge in [-0.05, 0) is 31.3 Å². The Labute approximate surface area is 141 Å². The van der Waals surface area contributed by atoms with Crippen molar-refractivity contribution in [2.75, 3.05) is 0 Å². The Balaban J connectivity index is 2.01. The maximum atomic E-state index is 10.7. The van der Waals surface area contributed by atoms with Gasteiger partial charge in [0.2, 0.25) is 5.88 Å². The van der Waals surface area contributed by atoms with Crippen LogP contribution in [0, 0.1) is 3.95 Å². The van der Waals surface area contributed by atoms with E-state index in [1.54, 1.807) is 0 Å². The highest BCUT2D eigenvalue weighted by molar-refractivity contribution is 7.73. The molecule has 0 saturated heterocycles. The number of aromatic nitrogens is 1. The summed E-state index contributed by atoms with van der Waals surface area (Å²) >= 11 is 6.49. The number of carboxylic acids is 1. The molecule has 2 aromatic rings. The lowest BCUT2D eigenvalue weighted by Gasteiger charge is -2.03. The number of fused-ring (bicyclic) bond motifs is 1. The maximum Gasteiger partial charge on any atom is 0.305 e. The van der Waals surface area contributed by atoms with Gasteiger partial charge in [-0.1, -0.05) is 18.2 Å². The molecule has 5 nitrogen and oxygen atoms in total. The number of benzene rings is 1. The molecule has 3 rings (SSSR count). The van der Waals surface area contributed by atoms with Crippen LogP contribution in [0.5, 0.6) is 5.88 Å². The second kappa shape index (κ2) is 6.10. The molecule has 0 saturated carbocycles. The summed E-state index contributed by atoms with van der Waals surface area (Å²) < 4.78 is 1.91. The van der Waals surface area contributed by atoms with E-state index in [0.717, 1.165) is 22.5 Å². The van der Waals surface area contributed by atoms with Gasteiger partial charge in [-0.25, -0.2) is 0 Å². The fourth-order valence-electron chi connectivity index (χ4n) is 2.46. The Bertz CT molecular complexity index is 906. The van der Waals surface area contributed by atoms with Crippen molar-refractivity contribution in [2.45, 2.75) is 19.9 Å². The van der Waals surface area contributed by atoms with Crippen LogP contribution in [-0.4, -0.2) is 26.5 Å². The molecule has 23 heavy (non-hydrogen) atoms. The van der Waals surface area contributed by atoms with Crippen molar-refractivity contribution in [3.8, 4) is 5.88 Å². The highest BCUT2D eigenvalue weighted by Gasteiger charge is 2.19. The summed E-state index contributed by atoms with van der Waals surface area (Å²) in [6, 6.07) is 7.81. The van der Waals surface area contributed by atoms with Crippen molar-refractivity contribution in [1.29, 1.82) is 0 Å². The minimum Gasteiger partial charge on any atom is -0.493 e. The number of hydrogen-bond donors (Lipinski definition) is 2. The topological polar surface area (TPSA) is 74.8 Å². The van der Waals surface area contributed by atoms with Crippen LogP contribution in [0.4, 0.5) is 5.69 Å². The molecule has 1 aromatic heterocycles. The van der Waals surface area contributed by atoms with E-state index in [1.165, 1.54) is 15.9 Å². The van der Waals surface area contributed by atoms with E-state index >= 15 is 0 Å². The number of carbonyl (C=O) groups is 1. The van der Waals surface area contributed by atoms with E-state index in [0.29, 0.717) is 8.83 Å². The zero-order chi connectivity index (χ0) is 16.6. The average Bonchev–Trinajstić information content (AvgIpc) is 2.95. The Morgan fingerprint density at radius 1 is 1.43 bits per heavy atom. The van der Waals surface area contributed by atoms with Crippen molar-refractivity contribution >= 4 is 52.6 Å². The number of nitrogens with zero attached hydrogens (tertiary/aromatic N) is 2. The Morgan fingerprint density at radius 3 is 2.91 bits per heavy atom. The molecule has 1 aromatic carbocycles. The first kappa shape index (κ1) is 15.6. The van der Waals surface area contributed by atoms with E-state index in [2.05, 4.69) is 4.99 Å². The van der Waals surface area contributed by atoms with Gasteiger partial charge in [0.1, 0.15) is 0 Å². The zero-order valence-electron chi connectivity index (χ0n) is 12.3. The van der Waals surface area contributed by atoms with E-state index in [4.69, 9.17) is 17.3 Å². The van der Waals surface area contributed by atoms with Crippen LogP contribution >= 0.6 is 23.6 Å².